The van der Waals surface area contributed by atoms with Gasteiger partial charge in [0.25, 0.3) is 0 Å². The highest BCUT2D eigenvalue weighted by Crippen LogP contribution is 2.36. The largest absolute Gasteiger partial charge is 0.490 e. The Morgan fingerprint density at radius 1 is 1.20 bits per heavy atom. The van der Waals surface area contributed by atoms with Crippen LogP contribution in [0.2, 0.25) is 0 Å². The van der Waals surface area contributed by atoms with E-state index in [1.807, 2.05) is 44.2 Å². The molecule has 0 radical (unpaired) electrons. The van der Waals surface area contributed by atoms with Gasteiger partial charge < -0.3 is 14.8 Å². The fraction of sp³-hybridized carbons (Fsp3) is 0.263. The van der Waals surface area contributed by atoms with Crippen molar-refractivity contribution in [2.24, 2.45) is 0 Å². The molecule has 5 nitrogen and oxygen atoms in total. The van der Waals surface area contributed by atoms with Crippen molar-refractivity contribution in [1.82, 2.24) is 0 Å². The van der Waals surface area contributed by atoms with Crippen LogP contribution in [0.15, 0.2) is 47.4 Å². The summed E-state index contributed by atoms with van der Waals surface area (Å²) in [5, 5.41) is 2.67. The molecular formula is C19H19NO4S. The molecule has 0 saturated carbocycles. The number of rotatable bonds is 5. The van der Waals surface area contributed by atoms with Gasteiger partial charge in [-0.3, -0.25) is 4.79 Å². The number of amides is 1. The fourth-order valence-corrected chi connectivity index (χ4v) is 3.35. The van der Waals surface area contributed by atoms with E-state index < -0.39 is 5.97 Å². The lowest BCUT2D eigenvalue weighted by Gasteiger charge is -2.21. The quantitative estimate of drug-likeness (QED) is 0.653. The van der Waals surface area contributed by atoms with Gasteiger partial charge in [-0.2, -0.15) is 0 Å². The fourth-order valence-electron chi connectivity index (χ4n) is 2.42. The summed E-state index contributed by atoms with van der Waals surface area (Å²) in [6.07, 6.45) is 0. The highest BCUT2D eigenvalue weighted by Gasteiger charge is 2.23. The number of hydrogen-bond donors (Lipinski definition) is 1. The molecule has 1 heterocycles. The van der Waals surface area contributed by atoms with Gasteiger partial charge in [-0.05, 0) is 49.7 Å². The molecule has 0 fully saturated rings. The second-order valence-corrected chi connectivity index (χ2v) is 7.14. The van der Waals surface area contributed by atoms with E-state index in [2.05, 4.69) is 5.32 Å². The van der Waals surface area contributed by atoms with Crippen LogP contribution >= 0.6 is 11.8 Å². The zero-order valence-corrected chi connectivity index (χ0v) is 14.9. The number of carbonyl (C=O) groups is 2. The van der Waals surface area contributed by atoms with E-state index in [1.165, 1.54) is 11.8 Å². The summed E-state index contributed by atoms with van der Waals surface area (Å²) in [7, 11) is 0. The van der Waals surface area contributed by atoms with Crippen LogP contribution in [-0.2, 0) is 9.53 Å². The van der Waals surface area contributed by atoms with Gasteiger partial charge in [0.1, 0.15) is 19.0 Å². The molecule has 0 unspecified atom stereocenters. The van der Waals surface area contributed by atoms with Crippen LogP contribution < -0.4 is 10.1 Å². The smallest absolute Gasteiger partial charge is 0.338 e. The summed E-state index contributed by atoms with van der Waals surface area (Å²) in [6.45, 7) is 4.27. The summed E-state index contributed by atoms with van der Waals surface area (Å²) < 4.78 is 10.8. The van der Waals surface area contributed by atoms with Gasteiger partial charge >= 0.3 is 5.97 Å². The number of thioether (sulfide) groups is 1. The van der Waals surface area contributed by atoms with E-state index in [0.29, 0.717) is 11.3 Å². The number of fused-ring (bicyclic) bond motifs is 1. The van der Waals surface area contributed by atoms with E-state index in [4.69, 9.17) is 9.47 Å². The van der Waals surface area contributed by atoms with Gasteiger partial charge in [0.15, 0.2) is 0 Å². The lowest BCUT2D eigenvalue weighted by atomic mass is 10.2. The summed E-state index contributed by atoms with van der Waals surface area (Å²) in [5.41, 5.74) is 2.17. The van der Waals surface area contributed by atoms with E-state index >= 15 is 0 Å². The van der Waals surface area contributed by atoms with Gasteiger partial charge in [-0.25, -0.2) is 4.79 Å². The van der Waals surface area contributed by atoms with Crippen molar-refractivity contribution in [2.45, 2.75) is 24.0 Å². The molecule has 2 aromatic carbocycles. The molecule has 1 aliphatic rings. The standard InChI is InChI=1S/C19H19NO4S/c1-12-4-3-5-15(10-12)23-8-9-24-19(22)14-6-7-17-16(11-14)20-18(21)13(2)25-17/h3-7,10-11,13H,8-9H2,1-2H3,(H,20,21)/t13-/m1/s1. The average molecular weight is 357 g/mol. The Labute approximate surface area is 150 Å². The maximum Gasteiger partial charge on any atom is 0.338 e. The number of hydrogen-bond acceptors (Lipinski definition) is 5. The van der Waals surface area contributed by atoms with E-state index in [1.54, 1.807) is 12.1 Å². The highest BCUT2D eigenvalue weighted by molar-refractivity contribution is 8.00. The lowest BCUT2D eigenvalue weighted by molar-refractivity contribution is -0.115. The van der Waals surface area contributed by atoms with Crippen molar-refractivity contribution in [1.29, 1.82) is 0 Å². The minimum absolute atomic E-state index is 0.0606. The molecule has 1 aliphatic heterocycles. The first-order valence-electron chi connectivity index (χ1n) is 8.01. The number of anilines is 1. The number of nitrogens with one attached hydrogen (secondary N) is 1. The zero-order chi connectivity index (χ0) is 17.8. The Balaban J connectivity index is 1.53. The Hall–Kier alpha value is -2.47. The lowest BCUT2D eigenvalue weighted by Crippen LogP contribution is -2.26. The van der Waals surface area contributed by atoms with Gasteiger partial charge in [0.05, 0.1) is 16.5 Å². The molecule has 1 amide bonds. The maximum atomic E-state index is 12.1. The normalized spacial score (nSPS) is 15.9. The maximum absolute atomic E-state index is 12.1. The molecule has 25 heavy (non-hydrogen) atoms. The molecule has 1 N–H and O–H groups in total. The van der Waals surface area contributed by atoms with Crippen LogP contribution in [0.5, 0.6) is 5.75 Å². The first kappa shape index (κ1) is 17.4. The van der Waals surface area contributed by atoms with Crippen molar-refractivity contribution in [3.63, 3.8) is 0 Å². The van der Waals surface area contributed by atoms with Crippen molar-refractivity contribution >= 4 is 29.3 Å². The molecule has 0 bridgehead atoms. The minimum atomic E-state index is -0.437. The van der Waals surface area contributed by atoms with Crippen LogP contribution in [0.1, 0.15) is 22.8 Å². The second-order valence-electron chi connectivity index (χ2n) is 5.76. The van der Waals surface area contributed by atoms with Crippen molar-refractivity contribution < 1.29 is 19.1 Å². The number of ether oxygens (including phenoxy) is 2. The van der Waals surface area contributed by atoms with Gasteiger partial charge in [0.2, 0.25) is 5.91 Å². The zero-order valence-electron chi connectivity index (χ0n) is 14.1. The number of carbonyl (C=O) groups excluding carboxylic acids is 2. The van der Waals surface area contributed by atoms with Crippen LogP contribution in [0.3, 0.4) is 0 Å². The average Bonchev–Trinajstić information content (AvgIpc) is 2.59. The number of esters is 1. The van der Waals surface area contributed by atoms with Gasteiger partial charge in [-0.15, -0.1) is 11.8 Å². The van der Waals surface area contributed by atoms with Crippen molar-refractivity contribution in [3.05, 3.63) is 53.6 Å². The molecule has 3 rings (SSSR count). The van der Waals surface area contributed by atoms with Crippen molar-refractivity contribution in [3.8, 4) is 5.75 Å². The number of aryl methyl sites for hydroxylation is 1. The number of benzene rings is 2. The van der Waals surface area contributed by atoms with Crippen molar-refractivity contribution in [2.75, 3.05) is 18.5 Å². The van der Waals surface area contributed by atoms with Gasteiger partial charge in [0, 0.05) is 4.90 Å². The third kappa shape index (κ3) is 4.33. The Kier molecular flexibility index (Phi) is 5.28. The molecular weight excluding hydrogens is 338 g/mol. The third-order valence-electron chi connectivity index (χ3n) is 3.72. The molecule has 0 saturated heterocycles. The predicted octanol–water partition coefficient (Wildman–Crippen LogP) is 3.66. The van der Waals surface area contributed by atoms with E-state index in [9.17, 15) is 9.59 Å². The summed E-state index contributed by atoms with van der Waals surface area (Å²) in [6, 6.07) is 12.9. The molecule has 0 spiro atoms. The highest BCUT2D eigenvalue weighted by atomic mass is 32.2. The topological polar surface area (TPSA) is 64.6 Å². The summed E-state index contributed by atoms with van der Waals surface area (Å²) in [5.74, 6) is 0.252. The second kappa shape index (κ2) is 7.61. The van der Waals surface area contributed by atoms with Crippen LogP contribution in [-0.4, -0.2) is 30.3 Å². The predicted molar refractivity (Wildman–Crippen MR) is 97.3 cm³/mol. The summed E-state index contributed by atoms with van der Waals surface area (Å²) in [4.78, 5) is 24.8. The SMILES string of the molecule is Cc1cccc(OCCOC(=O)c2ccc3c(c2)NC(=O)[C@@H](C)S3)c1. The molecule has 1 atom stereocenters. The van der Waals surface area contributed by atoms with E-state index in [-0.39, 0.29) is 24.4 Å². The molecule has 0 aliphatic carbocycles. The monoisotopic (exact) mass is 357 g/mol. The Bertz CT molecular complexity index is 806. The van der Waals surface area contributed by atoms with Crippen LogP contribution in [0.25, 0.3) is 0 Å². The van der Waals surface area contributed by atoms with Crippen LogP contribution in [0.4, 0.5) is 5.69 Å². The summed E-state index contributed by atoms with van der Waals surface area (Å²) >= 11 is 1.48. The third-order valence-corrected chi connectivity index (χ3v) is 4.90. The first-order chi connectivity index (χ1) is 12.0. The van der Waals surface area contributed by atoms with E-state index in [0.717, 1.165) is 16.2 Å². The minimum Gasteiger partial charge on any atom is -0.490 e. The molecule has 130 valence electrons. The molecule has 6 heteroatoms. The molecule has 0 aromatic heterocycles. The Morgan fingerprint density at radius 3 is 2.84 bits per heavy atom. The van der Waals surface area contributed by atoms with Gasteiger partial charge in [-0.1, -0.05) is 12.1 Å². The van der Waals surface area contributed by atoms with Crippen LogP contribution in [0, 0.1) is 6.92 Å². The molecule has 2 aromatic rings. The first-order valence-corrected chi connectivity index (χ1v) is 8.89. The Morgan fingerprint density at radius 2 is 2.04 bits per heavy atom.